The van der Waals surface area contributed by atoms with Crippen molar-refractivity contribution in [2.24, 2.45) is 0 Å². The molecule has 0 saturated carbocycles. The third kappa shape index (κ3) is 3.80. The fraction of sp³-hybridized carbons (Fsp3) is 0.562. The highest BCUT2D eigenvalue weighted by Gasteiger charge is 2.23. The highest BCUT2D eigenvalue weighted by molar-refractivity contribution is 5.85. The summed E-state index contributed by atoms with van der Waals surface area (Å²) >= 11 is 0. The molecule has 1 heterocycles. The Labute approximate surface area is 116 Å². The third-order valence-electron chi connectivity index (χ3n) is 3.63. The number of nitrogens with one attached hydrogen (secondary N) is 1. The highest BCUT2D eigenvalue weighted by atomic mass is 16.5. The van der Waals surface area contributed by atoms with Gasteiger partial charge in [-0.2, -0.15) is 0 Å². The molecule has 1 fully saturated rings. The zero-order chi connectivity index (χ0) is 13.5. The van der Waals surface area contributed by atoms with E-state index in [0.29, 0.717) is 12.4 Å². The van der Waals surface area contributed by atoms with Gasteiger partial charge >= 0.3 is 0 Å². The minimum atomic E-state index is -0.218. The van der Waals surface area contributed by atoms with Gasteiger partial charge in [0.1, 0.15) is 11.9 Å². The monoisotopic (exact) mass is 260 g/mol. The molecule has 0 aliphatic carbocycles. The zero-order valence-electron chi connectivity index (χ0n) is 11.8. The first-order chi connectivity index (χ1) is 9.33. The van der Waals surface area contributed by atoms with Crippen molar-refractivity contribution in [1.82, 2.24) is 4.90 Å². The molecule has 1 unspecified atom stereocenters. The summed E-state index contributed by atoms with van der Waals surface area (Å²) in [5.74, 6) is 0.620. The fourth-order valence-corrected chi connectivity index (χ4v) is 2.60. The number of amidine groups is 1. The Hall–Kier alpha value is -1.35. The second-order valence-electron chi connectivity index (χ2n) is 5.03. The molecule has 1 aromatic rings. The maximum Gasteiger partial charge on any atom is 0.139 e. The molecular formula is C16H24N2O. The molecule has 104 valence electrons. The third-order valence-corrected chi connectivity index (χ3v) is 3.63. The van der Waals surface area contributed by atoms with Crippen LogP contribution in [0.5, 0.6) is 0 Å². The van der Waals surface area contributed by atoms with Crippen LogP contribution in [-0.4, -0.2) is 30.4 Å². The van der Waals surface area contributed by atoms with Crippen LogP contribution in [0.25, 0.3) is 0 Å². The van der Waals surface area contributed by atoms with Crippen LogP contribution >= 0.6 is 0 Å². The molecule has 2 rings (SSSR count). The summed E-state index contributed by atoms with van der Waals surface area (Å²) in [7, 11) is 0. The maximum absolute atomic E-state index is 8.48. The van der Waals surface area contributed by atoms with E-state index < -0.39 is 0 Å². The topological polar surface area (TPSA) is 36.3 Å². The Balaban J connectivity index is 2.11. The van der Waals surface area contributed by atoms with E-state index in [-0.39, 0.29) is 6.10 Å². The fourth-order valence-electron chi connectivity index (χ4n) is 2.60. The van der Waals surface area contributed by atoms with Crippen molar-refractivity contribution >= 4 is 5.84 Å². The number of likely N-dealkylation sites (tertiary alicyclic amines) is 1. The van der Waals surface area contributed by atoms with E-state index in [2.05, 4.69) is 4.90 Å². The molecule has 0 spiro atoms. The maximum atomic E-state index is 8.48. The minimum absolute atomic E-state index is 0.218. The highest BCUT2D eigenvalue weighted by Crippen LogP contribution is 2.22. The molecule has 19 heavy (non-hydrogen) atoms. The van der Waals surface area contributed by atoms with Gasteiger partial charge in [0.05, 0.1) is 0 Å². The molecule has 1 saturated heterocycles. The summed E-state index contributed by atoms with van der Waals surface area (Å²) in [6.45, 7) is 4.62. The quantitative estimate of drug-likeness (QED) is 0.663. The summed E-state index contributed by atoms with van der Waals surface area (Å²) in [5, 5.41) is 8.48. The molecular weight excluding hydrogens is 236 g/mol. The van der Waals surface area contributed by atoms with Gasteiger partial charge in [-0.15, -0.1) is 0 Å². The summed E-state index contributed by atoms with van der Waals surface area (Å²) in [6, 6.07) is 10.1. The molecule has 0 bridgehead atoms. The van der Waals surface area contributed by atoms with Crippen LogP contribution in [0.1, 0.15) is 44.3 Å². The molecule has 3 heteroatoms. The van der Waals surface area contributed by atoms with Crippen molar-refractivity contribution in [3.63, 3.8) is 0 Å². The first kappa shape index (κ1) is 14.1. The summed E-state index contributed by atoms with van der Waals surface area (Å²) in [4.78, 5) is 2.19. The Morgan fingerprint density at radius 1 is 1.16 bits per heavy atom. The molecule has 0 aromatic heterocycles. The van der Waals surface area contributed by atoms with Gasteiger partial charge in [-0.25, -0.2) is 0 Å². The average molecular weight is 260 g/mol. The largest absolute Gasteiger partial charge is 0.366 e. The van der Waals surface area contributed by atoms with Crippen molar-refractivity contribution in [3.05, 3.63) is 35.9 Å². The number of rotatable bonds is 4. The van der Waals surface area contributed by atoms with Crippen LogP contribution < -0.4 is 0 Å². The number of benzene rings is 1. The van der Waals surface area contributed by atoms with Crippen LogP contribution in [0.2, 0.25) is 0 Å². The molecule has 3 nitrogen and oxygen atoms in total. The first-order valence-corrected chi connectivity index (χ1v) is 7.33. The number of hydrogen-bond donors (Lipinski definition) is 1. The standard InChI is InChI=1S/C16H24N2O/c1-2-19-15(14-10-6-5-7-11-14)16(17)18-12-8-3-4-9-13-18/h5-7,10-11,15,17H,2-4,8-9,12-13H2,1H3. The van der Waals surface area contributed by atoms with Gasteiger partial charge < -0.3 is 9.64 Å². The Morgan fingerprint density at radius 2 is 1.79 bits per heavy atom. The van der Waals surface area contributed by atoms with Gasteiger partial charge in [0, 0.05) is 19.7 Å². The number of ether oxygens (including phenoxy) is 1. The van der Waals surface area contributed by atoms with Gasteiger partial charge in [0.15, 0.2) is 0 Å². The smallest absolute Gasteiger partial charge is 0.139 e. The van der Waals surface area contributed by atoms with E-state index >= 15 is 0 Å². The van der Waals surface area contributed by atoms with E-state index in [0.717, 1.165) is 18.7 Å². The van der Waals surface area contributed by atoms with Gasteiger partial charge in [0.25, 0.3) is 0 Å². The molecule has 0 amide bonds. The van der Waals surface area contributed by atoms with Crippen LogP contribution in [0.3, 0.4) is 0 Å². The lowest BCUT2D eigenvalue weighted by molar-refractivity contribution is 0.0991. The van der Waals surface area contributed by atoms with E-state index in [1.807, 2.05) is 37.3 Å². The predicted octanol–water partition coefficient (Wildman–Crippen LogP) is 3.62. The molecule has 1 aromatic carbocycles. The SMILES string of the molecule is CCOC(C(=N)N1CCCCCC1)c1ccccc1. The van der Waals surface area contributed by atoms with E-state index in [1.165, 1.54) is 25.7 Å². The molecule has 1 atom stereocenters. The van der Waals surface area contributed by atoms with Crippen molar-refractivity contribution in [1.29, 1.82) is 5.41 Å². The van der Waals surface area contributed by atoms with E-state index in [1.54, 1.807) is 0 Å². The molecule has 1 N–H and O–H groups in total. The van der Waals surface area contributed by atoms with Crippen molar-refractivity contribution in [2.45, 2.75) is 38.7 Å². The lowest BCUT2D eigenvalue weighted by Gasteiger charge is -2.29. The average Bonchev–Trinajstić information content (AvgIpc) is 2.74. The Morgan fingerprint density at radius 3 is 2.37 bits per heavy atom. The van der Waals surface area contributed by atoms with E-state index in [4.69, 9.17) is 10.1 Å². The summed E-state index contributed by atoms with van der Waals surface area (Å²) in [6.07, 6.45) is 4.73. The lowest BCUT2D eigenvalue weighted by Crippen LogP contribution is -2.36. The number of hydrogen-bond acceptors (Lipinski definition) is 2. The zero-order valence-corrected chi connectivity index (χ0v) is 11.8. The van der Waals surface area contributed by atoms with Crippen LogP contribution in [0, 0.1) is 5.41 Å². The predicted molar refractivity (Wildman–Crippen MR) is 78.6 cm³/mol. The van der Waals surface area contributed by atoms with Crippen LogP contribution in [0.4, 0.5) is 0 Å². The first-order valence-electron chi connectivity index (χ1n) is 7.33. The van der Waals surface area contributed by atoms with Gasteiger partial charge in [0.2, 0.25) is 0 Å². The van der Waals surface area contributed by atoms with Gasteiger partial charge in [-0.3, -0.25) is 5.41 Å². The van der Waals surface area contributed by atoms with E-state index in [9.17, 15) is 0 Å². The van der Waals surface area contributed by atoms with Crippen molar-refractivity contribution in [3.8, 4) is 0 Å². The Bertz CT molecular complexity index is 383. The summed E-state index contributed by atoms with van der Waals surface area (Å²) < 4.78 is 5.82. The Kier molecular flexibility index (Phi) is 5.40. The normalized spacial score (nSPS) is 17.8. The molecule has 0 radical (unpaired) electrons. The second-order valence-corrected chi connectivity index (χ2v) is 5.03. The lowest BCUT2D eigenvalue weighted by atomic mass is 10.1. The number of nitrogens with zero attached hydrogens (tertiary/aromatic N) is 1. The minimum Gasteiger partial charge on any atom is -0.366 e. The van der Waals surface area contributed by atoms with Gasteiger partial charge in [-0.05, 0) is 25.3 Å². The van der Waals surface area contributed by atoms with Crippen LogP contribution in [-0.2, 0) is 4.74 Å². The summed E-state index contributed by atoms with van der Waals surface area (Å²) in [5.41, 5.74) is 1.08. The van der Waals surface area contributed by atoms with Crippen LogP contribution in [0.15, 0.2) is 30.3 Å². The molecule has 1 aliphatic rings. The molecule has 1 aliphatic heterocycles. The van der Waals surface area contributed by atoms with Crippen molar-refractivity contribution < 1.29 is 4.74 Å². The second kappa shape index (κ2) is 7.29. The van der Waals surface area contributed by atoms with Gasteiger partial charge in [-0.1, -0.05) is 43.2 Å². The van der Waals surface area contributed by atoms with Crippen molar-refractivity contribution in [2.75, 3.05) is 19.7 Å².